The second-order valence-corrected chi connectivity index (χ2v) is 9.48. The lowest BCUT2D eigenvalue weighted by molar-refractivity contribution is 0.0923. The fourth-order valence-corrected chi connectivity index (χ4v) is 5.29. The molecule has 36 heavy (non-hydrogen) atoms. The molecule has 1 saturated heterocycles. The largest absolute Gasteiger partial charge is 0.490 e. The molecular weight excluding hydrogens is 454 g/mol. The van der Waals surface area contributed by atoms with Gasteiger partial charge >= 0.3 is 0 Å². The highest BCUT2D eigenvalue weighted by atomic mass is 16.5. The highest BCUT2D eigenvalue weighted by molar-refractivity contribution is 5.95. The lowest BCUT2D eigenvalue weighted by Gasteiger charge is -2.35. The monoisotopic (exact) mass is 495 g/mol. The topological polar surface area (TPSA) is 63.3 Å². The fourth-order valence-electron chi connectivity index (χ4n) is 5.29. The van der Waals surface area contributed by atoms with E-state index in [0.717, 1.165) is 26.1 Å². The minimum Gasteiger partial charge on any atom is -0.490 e. The van der Waals surface area contributed by atoms with Crippen LogP contribution in [0.3, 0.4) is 0 Å². The number of ether oxygens (including phenoxy) is 3. The Hall–Kier alpha value is -2.93. The Bertz CT molecular complexity index is 1010. The van der Waals surface area contributed by atoms with E-state index >= 15 is 0 Å². The molecule has 0 aromatic heterocycles. The number of nitrogens with one attached hydrogen (secondary N) is 1. The van der Waals surface area contributed by atoms with Crippen molar-refractivity contribution in [2.75, 3.05) is 57.9 Å². The highest BCUT2D eigenvalue weighted by Gasteiger charge is 2.26. The van der Waals surface area contributed by atoms with Crippen LogP contribution >= 0.6 is 0 Å². The van der Waals surface area contributed by atoms with Gasteiger partial charge in [-0.2, -0.15) is 0 Å². The van der Waals surface area contributed by atoms with Crippen LogP contribution in [0.2, 0.25) is 0 Å². The number of nitrogens with zero attached hydrogens (tertiary/aromatic N) is 2. The van der Waals surface area contributed by atoms with Crippen molar-refractivity contribution in [3.63, 3.8) is 0 Å². The molecule has 196 valence electrons. The van der Waals surface area contributed by atoms with Gasteiger partial charge in [-0.3, -0.25) is 9.69 Å². The van der Waals surface area contributed by atoms with Crippen LogP contribution in [0.15, 0.2) is 30.3 Å². The first kappa shape index (κ1) is 26.1. The molecule has 2 aliphatic rings. The third-order valence-corrected chi connectivity index (χ3v) is 7.07. The zero-order valence-electron chi connectivity index (χ0n) is 22.3. The fraction of sp³-hybridized carbons (Fsp3) is 0.552. The van der Waals surface area contributed by atoms with Gasteiger partial charge in [0.1, 0.15) is 0 Å². The van der Waals surface area contributed by atoms with Crippen LogP contribution in [-0.4, -0.2) is 63.9 Å². The smallest absolute Gasteiger partial charge is 0.251 e. The molecular formula is C29H41N3O4. The molecule has 1 N–H and O–H groups in total. The van der Waals surface area contributed by atoms with Gasteiger partial charge in [-0.05, 0) is 82.4 Å². The minimum atomic E-state index is -0.136. The summed E-state index contributed by atoms with van der Waals surface area (Å²) in [6.07, 6.45) is 4.75. The summed E-state index contributed by atoms with van der Waals surface area (Å²) < 4.78 is 17.4. The van der Waals surface area contributed by atoms with E-state index in [1.807, 2.05) is 20.8 Å². The van der Waals surface area contributed by atoms with Crippen LogP contribution in [-0.2, 0) is 6.42 Å². The number of carbonyl (C=O) groups is 1. The number of likely N-dealkylation sites (tertiary alicyclic amines) is 1. The predicted molar refractivity (Wildman–Crippen MR) is 144 cm³/mol. The molecule has 7 heteroatoms. The maximum absolute atomic E-state index is 13.4. The van der Waals surface area contributed by atoms with Gasteiger partial charge in [-0.25, -0.2) is 0 Å². The first-order valence-electron chi connectivity index (χ1n) is 13.5. The number of fused-ring (bicyclic) bond motifs is 1. The molecule has 7 nitrogen and oxygen atoms in total. The molecule has 2 aromatic carbocycles. The van der Waals surface area contributed by atoms with Crippen LogP contribution in [0.4, 0.5) is 5.69 Å². The quantitative estimate of drug-likeness (QED) is 0.482. The van der Waals surface area contributed by atoms with Gasteiger partial charge in [0.25, 0.3) is 5.91 Å². The number of likely N-dealkylation sites (N-methyl/N-ethyl adjacent to an activating group) is 1. The van der Waals surface area contributed by atoms with Crippen molar-refractivity contribution < 1.29 is 19.0 Å². The lowest BCUT2D eigenvalue weighted by atomic mass is 9.98. The van der Waals surface area contributed by atoms with Crippen LogP contribution in [0, 0.1) is 0 Å². The molecule has 2 heterocycles. The van der Waals surface area contributed by atoms with Crippen molar-refractivity contribution in [3.8, 4) is 17.2 Å². The van der Waals surface area contributed by atoms with Gasteiger partial charge in [-0.1, -0.05) is 18.6 Å². The average molecular weight is 496 g/mol. The van der Waals surface area contributed by atoms with Crippen molar-refractivity contribution >= 4 is 11.6 Å². The Labute approximate surface area is 215 Å². The molecule has 0 aliphatic carbocycles. The summed E-state index contributed by atoms with van der Waals surface area (Å²) in [5, 5.41) is 3.22. The first-order chi connectivity index (χ1) is 17.5. The molecule has 0 unspecified atom stereocenters. The molecule has 0 bridgehead atoms. The lowest BCUT2D eigenvalue weighted by Crippen LogP contribution is -2.40. The maximum Gasteiger partial charge on any atom is 0.251 e. The maximum atomic E-state index is 13.4. The van der Waals surface area contributed by atoms with Crippen molar-refractivity contribution in [2.24, 2.45) is 0 Å². The Morgan fingerprint density at radius 2 is 1.58 bits per heavy atom. The third kappa shape index (κ3) is 5.89. The summed E-state index contributed by atoms with van der Waals surface area (Å²) in [5.41, 5.74) is 4.51. The van der Waals surface area contributed by atoms with E-state index in [1.54, 1.807) is 12.1 Å². The average Bonchev–Trinajstić information content (AvgIpc) is 3.26. The van der Waals surface area contributed by atoms with E-state index in [2.05, 4.69) is 40.4 Å². The molecule has 0 spiro atoms. The second-order valence-electron chi connectivity index (χ2n) is 9.48. The van der Waals surface area contributed by atoms with Gasteiger partial charge < -0.3 is 24.4 Å². The van der Waals surface area contributed by atoms with Gasteiger partial charge in [0.2, 0.25) is 5.75 Å². The number of hydrogen-bond acceptors (Lipinski definition) is 6. The Kier molecular flexibility index (Phi) is 8.97. The van der Waals surface area contributed by atoms with E-state index in [9.17, 15) is 4.79 Å². The van der Waals surface area contributed by atoms with Gasteiger partial charge in [0.05, 0.1) is 25.9 Å². The van der Waals surface area contributed by atoms with Gasteiger partial charge in [0, 0.05) is 31.4 Å². The summed E-state index contributed by atoms with van der Waals surface area (Å²) in [6.45, 7) is 10.9. The Morgan fingerprint density at radius 3 is 2.22 bits per heavy atom. The zero-order valence-corrected chi connectivity index (χ0v) is 22.3. The number of hydrogen-bond donors (Lipinski definition) is 1. The van der Waals surface area contributed by atoms with Crippen LogP contribution < -0.4 is 24.4 Å². The van der Waals surface area contributed by atoms with E-state index in [0.29, 0.717) is 49.2 Å². The van der Waals surface area contributed by atoms with E-state index < -0.39 is 0 Å². The summed E-state index contributed by atoms with van der Waals surface area (Å²) in [4.78, 5) is 18.2. The number of carbonyl (C=O) groups excluding carboxylic acids is 1. The van der Waals surface area contributed by atoms with Gasteiger partial charge in [-0.15, -0.1) is 0 Å². The number of amides is 1. The summed E-state index contributed by atoms with van der Waals surface area (Å²) >= 11 is 0. The van der Waals surface area contributed by atoms with Crippen molar-refractivity contribution in [1.82, 2.24) is 10.2 Å². The minimum absolute atomic E-state index is 0.136. The van der Waals surface area contributed by atoms with Crippen molar-refractivity contribution in [1.29, 1.82) is 0 Å². The molecule has 0 saturated carbocycles. The summed E-state index contributed by atoms with van der Waals surface area (Å²) in [5.74, 6) is 1.48. The number of piperidine rings is 1. The van der Waals surface area contributed by atoms with E-state index in [1.165, 1.54) is 36.1 Å². The normalized spacial score (nSPS) is 16.4. The molecule has 1 amide bonds. The molecule has 4 rings (SSSR count). The van der Waals surface area contributed by atoms with Crippen LogP contribution in [0.25, 0.3) is 0 Å². The van der Waals surface area contributed by atoms with Crippen LogP contribution in [0.5, 0.6) is 17.2 Å². The van der Waals surface area contributed by atoms with Gasteiger partial charge in [0.15, 0.2) is 11.5 Å². The van der Waals surface area contributed by atoms with Crippen molar-refractivity contribution in [3.05, 3.63) is 47.0 Å². The zero-order chi connectivity index (χ0) is 25.5. The molecule has 1 fully saturated rings. The molecule has 1 atom stereocenters. The predicted octanol–water partition coefficient (Wildman–Crippen LogP) is 4.83. The highest BCUT2D eigenvalue weighted by Crippen LogP contribution is 2.39. The van der Waals surface area contributed by atoms with Crippen molar-refractivity contribution in [2.45, 2.75) is 52.5 Å². The molecule has 2 aliphatic heterocycles. The standard InChI is InChI=1S/C29H41N3O4/c1-5-34-26-18-23(19-27(35-6-2)28(26)36-7-3)29(33)30-20-25(32-14-9-8-10-15-32)21-11-12-24-22(17-21)13-16-31(24)4/h11-12,17-19,25H,5-10,13-16,20H2,1-4H3,(H,30,33)/t25-/m0/s1. The van der Waals surface area contributed by atoms with E-state index in [4.69, 9.17) is 14.2 Å². The molecule has 0 radical (unpaired) electrons. The summed E-state index contributed by atoms with van der Waals surface area (Å²) in [6, 6.07) is 10.5. The number of anilines is 1. The van der Waals surface area contributed by atoms with E-state index in [-0.39, 0.29) is 11.9 Å². The molecule has 2 aromatic rings. The van der Waals surface area contributed by atoms with Crippen LogP contribution in [0.1, 0.15) is 67.6 Å². The summed E-state index contributed by atoms with van der Waals surface area (Å²) in [7, 11) is 2.15. The Morgan fingerprint density at radius 1 is 0.917 bits per heavy atom. The Balaban J connectivity index is 1.57. The SMILES string of the molecule is CCOc1cc(C(=O)NC[C@@H](c2ccc3c(c2)CCN3C)N2CCCCC2)cc(OCC)c1OCC. The number of rotatable bonds is 11. The second kappa shape index (κ2) is 12.3. The number of benzene rings is 2. The third-order valence-electron chi connectivity index (χ3n) is 7.07. The first-order valence-corrected chi connectivity index (χ1v) is 13.5.